The molecule has 3 atom stereocenters. The van der Waals surface area contributed by atoms with E-state index in [-0.39, 0.29) is 11.9 Å². The van der Waals surface area contributed by atoms with Gasteiger partial charge in [0.2, 0.25) is 5.91 Å². The molecule has 0 bridgehead atoms. The van der Waals surface area contributed by atoms with Crippen molar-refractivity contribution >= 4 is 17.7 Å². The second-order valence-corrected chi connectivity index (χ2v) is 7.27. The number of nitrogens with one attached hydrogen (secondary N) is 2. The van der Waals surface area contributed by atoms with Crippen molar-refractivity contribution in [1.29, 1.82) is 0 Å². The zero-order chi connectivity index (χ0) is 14.7. The largest absolute Gasteiger partial charge is 0.352 e. The number of hydrogen-bond donors (Lipinski definition) is 2. The van der Waals surface area contributed by atoms with Crippen LogP contribution in [0.2, 0.25) is 0 Å². The molecule has 2 aliphatic rings. The average Bonchev–Trinajstić information content (AvgIpc) is 2.54. The number of fused-ring (bicyclic) bond motifs is 1. The van der Waals surface area contributed by atoms with Crippen molar-refractivity contribution < 1.29 is 4.79 Å². The van der Waals surface area contributed by atoms with Gasteiger partial charge >= 0.3 is 0 Å². The number of carbonyl (C=O) groups excluding carboxylic acids is 1. The van der Waals surface area contributed by atoms with E-state index in [9.17, 15) is 4.79 Å². The first-order valence-electron chi connectivity index (χ1n) is 7.89. The highest BCUT2D eigenvalue weighted by molar-refractivity contribution is 7.99. The van der Waals surface area contributed by atoms with E-state index in [4.69, 9.17) is 0 Å². The maximum Gasteiger partial charge on any atom is 0.237 e. The third-order valence-electron chi connectivity index (χ3n) is 4.70. The van der Waals surface area contributed by atoms with Gasteiger partial charge in [-0.25, -0.2) is 0 Å². The zero-order valence-electron chi connectivity index (χ0n) is 12.6. The molecule has 21 heavy (non-hydrogen) atoms. The van der Waals surface area contributed by atoms with Gasteiger partial charge in [-0.15, -0.1) is 0 Å². The van der Waals surface area contributed by atoms with Crippen LogP contribution in [0.15, 0.2) is 24.3 Å². The Labute approximate surface area is 131 Å². The van der Waals surface area contributed by atoms with Gasteiger partial charge < -0.3 is 10.6 Å². The topological polar surface area (TPSA) is 41.1 Å². The first-order chi connectivity index (χ1) is 10.3. The normalized spacial score (nSPS) is 28.7. The van der Waals surface area contributed by atoms with E-state index in [0.717, 1.165) is 25.8 Å². The van der Waals surface area contributed by atoms with Crippen LogP contribution >= 0.6 is 11.8 Å². The summed E-state index contributed by atoms with van der Waals surface area (Å²) in [5.74, 6) is 0.177. The fourth-order valence-electron chi connectivity index (χ4n) is 3.43. The molecule has 3 unspecified atom stereocenters. The van der Waals surface area contributed by atoms with Gasteiger partial charge in [-0.3, -0.25) is 4.79 Å². The fourth-order valence-corrected chi connectivity index (χ4v) is 4.26. The monoisotopic (exact) mass is 304 g/mol. The van der Waals surface area contributed by atoms with Crippen molar-refractivity contribution in [1.82, 2.24) is 10.6 Å². The Morgan fingerprint density at radius 2 is 2.10 bits per heavy atom. The van der Waals surface area contributed by atoms with E-state index in [0.29, 0.717) is 11.3 Å². The van der Waals surface area contributed by atoms with Crippen LogP contribution in [0.25, 0.3) is 0 Å². The van der Waals surface area contributed by atoms with Crippen LogP contribution in [-0.2, 0) is 17.8 Å². The summed E-state index contributed by atoms with van der Waals surface area (Å²) in [6.45, 7) is 0.798. The Balaban J connectivity index is 1.57. The minimum absolute atomic E-state index is 0.0745. The summed E-state index contributed by atoms with van der Waals surface area (Å²) in [7, 11) is 0. The number of carbonyl (C=O) groups is 1. The molecular formula is C17H24N2OS. The smallest absolute Gasteiger partial charge is 0.237 e. The molecule has 1 heterocycles. The minimum atomic E-state index is -0.0745. The van der Waals surface area contributed by atoms with Crippen LogP contribution in [0.3, 0.4) is 0 Å². The number of amides is 1. The summed E-state index contributed by atoms with van der Waals surface area (Å²) < 4.78 is 0. The standard InChI is InChI=1S/C17H24N2OS/c1-21-15-8-4-7-14(10-15)19-17(20)16-9-12-5-2-3-6-13(12)11-18-16/h2-3,5-6,14-16,18H,4,7-11H2,1H3,(H,19,20). The number of benzene rings is 1. The SMILES string of the molecule is CSC1CCCC(NC(=O)C2Cc3ccccc3CN2)C1. The summed E-state index contributed by atoms with van der Waals surface area (Å²) in [4.78, 5) is 12.5. The lowest BCUT2D eigenvalue weighted by molar-refractivity contribution is -0.124. The van der Waals surface area contributed by atoms with E-state index in [1.165, 1.54) is 24.0 Å². The molecule has 1 fully saturated rings. The molecule has 4 heteroatoms. The van der Waals surface area contributed by atoms with Gasteiger partial charge in [0.1, 0.15) is 0 Å². The fraction of sp³-hybridized carbons (Fsp3) is 0.588. The lowest BCUT2D eigenvalue weighted by Gasteiger charge is -2.31. The van der Waals surface area contributed by atoms with Crippen molar-refractivity contribution in [3.8, 4) is 0 Å². The molecule has 1 aromatic rings. The van der Waals surface area contributed by atoms with Gasteiger partial charge in [0, 0.05) is 17.8 Å². The van der Waals surface area contributed by atoms with Gasteiger partial charge in [0.25, 0.3) is 0 Å². The van der Waals surface area contributed by atoms with E-state index >= 15 is 0 Å². The quantitative estimate of drug-likeness (QED) is 0.901. The maximum atomic E-state index is 12.5. The first-order valence-corrected chi connectivity index (χ1v) is 9.18. The van der Waals surface area contributed by atoms with Crippen molar-refractivity contribution in [2.45, 2.75) is 56.0 Å². The van der Waals surface area contributed by atoms with Crippen molar-refractivity contribution in [2.75, 3.05) is 6.26 Å². The molecule has 1 aromatic carbocycles. The van der Waals surface area contributed by atoms with Crippen molar-refractivity contribution in [3.05, 3.63) is 35.4 Å². The predicted molar refractivity (Wildman–Crippen MR) is 88.5 cm³/mol. The molecule has 1 aliphatic heterocycles. The Hall–Kier alpha value is -1.00. The second-order valence-electron chi connectivity index (χ2n) is 6.14. The molecule has 1 saturated carbocycles. The Bertz CT molecular complexity index is 505. The summed E-state index contributed by atoms with van der Waals surface area (Å²) in [6.07, 6.45) is 7.76. The van der Waals surface area contributed by atoms with Crippen molar-refractivity contribution in [2.24, 2.45) is 0 Å². The van der Waals surface area contributed by atoms with Gasteiger partial charge in [0.15, 0.2) is 0 Å². The predicted octanol–water partition coefficient (Wildman–Crippen LogP) is 2.49. The van der Waals surface area contributed by atoms with E-state index in [1.54, 1.807) is 0 Å². The highest BCUT2D eigenvalue weighted by Gasteiger charge is 2.28. The molecule has 1 aliphatic carbocycles. The molecule has 1 amide bonds. The number of thioether (sulfide) groups is 1. The van der Waals surface area contributed by atoms with Gasteiger partial charge in [-0.1, -0.05) is 30.7 Å². The first kappa shape index (κ1) is 14.9. The second kappa shape index (κ2) is 6.84. The summed E-state index contributed by atoms with van der Waals surface area (Å²) in [5.41, 5.74) is 2.63. The van der Waals surface area contributed by atoms with Crippen LogP contribution < -0.4 is 10.6 Å². The highest BCUT2D eigenvalue weighted by Crippen LogP contribution is 2.27. The average molecular weight is 304 g/mol. The van der Waals surface area contributed by atoms with Crippen molar-refractivity contribution in [3.63, 3.8) is 0 Å². The van der Waals surface area contributed by atoms with Gasteiger partial charge in [-0.2, -0.15) is 11.8 Å². The van der Waals surface area contributed by atoms with Crippen LogP contribution in [0.5, 0.6) is 0 Å². The minimum Gasteiger partial charge on any atom is -0.352 e. The van der Waals surface area contributed by atoms with E-state index in [1.807, 2.05) is 11.8 Å². The van der Waals surface area contributed by atoms with Gasteiger partial charge in [-0.05, 0) is 43.1 Å². The summed E-state index contributed by atoms with van der Waals surface area (Å²) >= 11 is 1.94. The Kier molecular flexibility index (Phi) is 4.86. The Morgan fingerprint density at radius 3 is 2.90 bits per heavy atom. The third-order valence-corrected chi connectivity index (χ3v) is 5.80. The van der Waals surface area contributed by atoms with Crippen LogP contribution in [0, 0.1) is 0 Å². The molecule has 0 saturated heterocycles. The lowest BCUT2D eigenvalue weighted by Crippen LogP contribution is -2.51. The highest BCUT2D eigenvalue weighted by atomic mass is 32.2. The van der Waals surface area contributed by atoms with Crippen LogP contribution in [-0.4, -0.2) is 29.5 Å². The molecular weight excluding hydrogens is 280 g/mol. The number of hydrogen-bond acceptors (Lipinski definition) is 3. The number of rotatable bonds is 3. The Morgan fingerprint density at radius 1 is 1.29 bits per heavy atom. The molecule has 114 valence electrons. The summed E-state index contributed by atoms with van der Waals surface area (Å²) in [6, 6.07) is 8.69. The van der Waals surface area contributed by atoms with E-state index < -0.39 is 0 Å². The van der Waals surface area contributed by atoms with E-state index in [2.05, 4.69) is 41.2 Å². The molecule has 3 rings (SSSR count). The zero-order valence-corrected chi connectivity index (χ0v) is 13.4. The summed E-state index contributed by atoms with van der Waals surface area (Å²) in [5, 5.41) is 7.35. The molecule has 2 N–H and O–H groups in total. The third kappa shape index (κ3) is 3.61. The molecule has 0 aromatic heterocycles. The van der Waals surface area contributed by atoms with Crippen LogP contribution in [0.1, 0.15) is 36.8 Å². The molecule has 3 nitrogen and oxygen atoms in total. The maximum absolute atomic E-state index is 12.5. The molecule has 0 spiro atoms. The molecule has 0 radical (unpaired) electrons. The van der Waals surface area contributed by atoms with Gasteiger partial charge in [0.05, 0.1) is 6.04 Å². The van der Waals surface area contributed by atoms with Crippen LogP contribution in [0.4, 0.5) is 0 Å². The lowest BCUT2D eigenvalue weighted by atomic mass is 9.93.